The Morgan fingerprint density at radius 2 is 1.58 bits per heavy atom. The molecule has 0 saturated heterocycles. The van der Waals surface area contributed by atoms with Crippen molar-refractivity contribution in [3.8, 4) is 27.8 Å². The van der Waals surface area contributed by atoms with Crippen LogP contribution in [0, 0.1) is 0 Å². The summed E-state index contributed by atoms with van der Waals surface area (Å²) in [6.45, 7) is 9.29. The zero-order valence-corrected chi connectivity index (χ0v) is 23.9. The fourth-order valence-electron chi connectivity index (χ4n) is 3.89. The normalized spacial score (nSPS) is 11.1. The van der Waals surface area contributed by atoms with Crippen molar-refractivity contribution >= 4 is 28.3 Å². The Kier molecular flexibility index (Phi) is 9.68. The highest BCUT2D eigenvalue weighted by Crippen LogP contribution is 2.42. The molecule has 0 bridgehead atoms. The number of hydrogen-bond donors (Lipinski definition) is 1. The van der Waals surface area contributed by atoms with E-state index in [-0.39, 0.29) is 23.7 Å². The summed E-state index contributed by atoms with van der Waals surface area (Å²) in [5.74, 6) is 1.15. The number of anilines is 1. The number of benzene rings is 2. The lowest BCUT2D eigenvalue weighted by Crippen LogP contribution is -2.34. The highest BCUT2D eigenvalue weighted by Gasteiger charge is 2.20. The van der Waals surface area contributed by atoms with Crippen LogP contribution in [0.5, 0.6) is 17.2 Å². The smallest absolute Gasteiger partial charge is 0.253 e. The second-order valence-electron chi connectivity index (χ2n) is 9.74. The molecule has 0 spiro atoms. The Morgan fingerprint density at radius 3 is 2.11 bits per heavy atom. The van der Waals surface area contributed by atoms with Gasteiger partial charge >= 0.3 is 0 Å². The van der Waals surface area contributed by atoms with Gasteiger partial charge in [0.05, 0.1) is 21.3 Å². The number of aromatic nitrogens is 2. The molecular weight excluding hydrogens is 504 g/mol. The van der Waals surface area contributed by atoms with Crippen molar-refractivity contribution in [2.45, 2.75) is 46.0 Å². The molecule has 0 aliphatic heterocycles. The molecule has 0 radical (unpaired) electrons. The van der Waals surface area contributed by atoms with Crippen molar-refractivity contribution in [3.05, 3.63) is 47.5 Å². The van der Waals surface area contributed by atoms with Gasteiger partial charge in [-0.3, -0.25) is 9.59 Å². The van der Waals surface area contributed by atoms with Gasteiger partial charge in [-0.05, 0) is 41.7 Å². The lowest BCUT2D eigenvalue weighted by molar-refractivity contribution is -0.116. The molecule has 0 unspecified atom stereocenters. The summed E-state index contributed by atoms with van der Waals surface area (Å²) < 4.78 is 16.2. The summed E-state index contributed by atoms with van der Waals surface area (Å²) in [5.41, 5.74) is 2.51. The number of amides is 2. The first-order chi connectivity index (χ1) is 18.1. The van der Waals surface area contributed by atoms with Gasteiger partial charge in [-0.15, -0.1) is 10.2 Å². The van der Waals surface area contributed by atoms with E-state index in [1.165, 1.54) is 24.0 Å². The van der Waals surface area contributed by atoms with Crippen molar-refractivity contribution in [1.82, 2.24) is 15.1 Å². The Labute approximate surface area is 228 Å². The van der Waals surface area contributed by atoms with Crippen molar-refractivity contribution in [1.29, 1.82) is 0 Å². The number of carbonyl (C=O) groups excluding carboxylic acids is 2. The zero-order valence-electron chi connectivity index (χ0n) is 23.1. The number of methoxy groups -OCH3 is 3. The first-order valence-corrected chi connectivity index (χ1v) is 13.3. The third-order valence-electron chi connectivity index (χ3n) is 5.97. The van der Waals surface area contributed by atoms with Crippen LogP contribution in [0.4, 0.5) is 5.13 Å². The minimum atomic E-state index is -0.241. The van der Waals surface area contributed by atoms with Gasteiger partial charge in [0.2, 0.25) is 16.8 Å². The van der Waals surface area contributed by atoms with E-state index in [1.807, 2.05) is 31.2 Å². The summed E-state index contributed by atoms with van der Waals surface area (Å²) in [6.07, 6.45) is 0.937. The molecular formula is C28H36N4O5S. The van der Waals surface area contributed by atoms with Gasteiger partial charge in [-0.25, -0.2) is 0 Å². The van der Waals surface area contributed by atoms with Gasteiger partial charge in [0.1, 0.15) is 5.01 Å². The maximum Gasteiger partial charge on any atom is 0.253 e. The summed E-state index contributed by atoms with van der Waals surface area (Å²) in [4.78, 5) is 27.5. The molecule has 0 saturated carbocycles. The third kappa shape index (κ3) is 7.00. The van der Waals surface area contributed by atoms with Crippen molar-refractivity contribution in [3.63, 3.8) is 0 Å². The summed E-state index contributed by atoms with van der Waals surface area (Å²) in [7, 11) is 4.62. The molecule has 1 aromatic heterocycles. The van der Waals surface area contributed by atoms with Crippen LogP contribution in [0.1, 0.15) is 56.5 Å². The maximum absolute atomic E-state index is 13.1. The Hall–Kier alpha value is -3.66. The number of hydrogen-bond acceptors (Lipinski definition) is 8. The van der Waals surface area contributed by atoms with E-state index < -0.39 is 0 Å². The van der Waals surface area contributed by atoms with E-state index in [2.05, 4.69) is 36.3 Å². The second-order valence-corrected chi connectivity index (χ2v) is 10.7. The van der Waals surface area contributed by atoms with Crippen LogP contribution in [-0.4, -0.2) is 61.3 Å². The van der Waals surface area contributed by atoms with Gasteiger partial charge in [0.15, 0.2) is 11.5 Å². The quantitative estimate of drug-likeness (QED) is 0.347. The molecule has 0 fully saturated rings. The molecule has 0 atom stereocenters. The molecule has 0 aliphatic rings. The molecule has 10 heteroatoms. The monoisotopic (exact) mass is 540 g/mol. The van der Waals surface area contributed by atoms with Gasteiger partial charge < -0.3 is 24.4 Å². The van der Waals surface area contributed by atoms with Gasteiger partial charge in [-0.2, -0.15) is 0 Å². The fraction of sp³-hybridized carbons (Fsp3) is 0.429. The van der Waals surface area contributed by atoms with E-state index in [9.17, 15) is 9.59 Å². The van der Waals surface area contributed by atoms with Gasteiger partial charge in [0, 0.05) is 30.6 Å². The van der Waals surface area contributed by atoms with Crippen LogP contribution in [-0.2, 0) is 10.2 Å². The lowest BCUT2D eigenvalue weighted by Gasteiger charge is -2.23. The number of nitrogens with one attached hydrogen (secondary N) is 1. The van der Waals surface area contributed by atoms with E-state index in [0.717, 1.165) is 12.0 Å². The van der Waals surface area contributed by atoms with Crippen molar-refractivity contribution < 1.29 is 23.8 Å². The molecule has 1 heterocycles. The number of carbonyl (C=O) groups is 2. The highest BCUT2D eigenvalue weighted by atomic mass is 32.1. The van der Waals surface area contributed by atoms with E-state index in [4.69, 9.17) is 14.2 Å². The SMILES string of the molecule is CCCN(CCC(=O)Nc1nnc(-c2cc(OC)c(OC)c(OC)c2)s1)C(=O)c1ccc(C(C)(C)C)cc1. The van der Waals surface area contributed by atoms with E-state index in [0.29, 0.717) is 46.0 Å². The van der Waals surface area contributed by atoms with Crippen LogP contribution in [0.3, 0.4) is 0 Å². The van der Waals surface area contributed by atoms with Crippen molar-refractivity contribution in [2.24, 2.45) is 0 Å². The number of ether oxygens (including phenoxy) is 3. The average molecular weight is 541 g/mol. The average Bonchev–Trinajstić information content (AvgIpc) is 3.37. The summed E-state index contributed by atoms with van der Waals surface area (Å²) >= 11 is 1.23. The Balaban J connectivity index is 1.65. The Bertz CT molecular complexity index is 1230. The summed E-state index contributed by atoms with van der Waals surface area (Å²) in [5, 5.41) is 12.0. The second kappa shape index (κ2) is 12.7. The maximum atomic E-state index is 13.1. The van der Waals surface area contributed by atoms with E-state index >= 15 is 0 Å². The minimum absolute atomic E-state index is 0.0127. The number of nitrogens with zero attached hydrogens (tertiary/aromatic N) is 3. The molecule has 3 rings (SSSR count). The first-order valence-electron chi connectivity index (χ1n) is 12.4. The predicted octanol–water partition coefficient (Wildman–Crippen LogP) is 5.41. The topological polar surface area (TPSA) is 103 Å². The molecule has 38 heavy (non-hydrogen) atoms. The van der Waals surface area contributed by atoms with Crippen LogP contribution in [0.2, 0.25) is 0 Å². The first kappa shape index (κ1) is 28.9. The zero-order chi connectivity index (χ0) is 27.9. The molecule has 9 nitrogen and oxygen atoms in total. The summed E-state index contributed by atoms with van der Waals surface area (Å²) in [6, 6.07) is 11.2. The molecule has 0 aliphatic carbocycles. The van der Waals surface area contributed by atoms with Crippen LogP contribution < -0.4 is 19.5 Å². The minimum Gasteiger partial charge on any atom is -0.493 e. The van der Waals surface area contributed by atoms with Crippen LogP contribution in [0.25, 0.3) is 10.6 Å². The number of rotatable bonds is 11. The molecule has 1 N–H and O–H groups in total. The van der Waals surface area contributed by atoms with Gasteiger partial charge in [0.25, 0.3) is 5.91 Å². The standard InChI is InChI=1S/C28H36N4O5S/c1-8-14-32(26(34)18-9-11-20(12-10-18)28(2,3)4)15-13-23(33)29-27-31-30-25(38-27)19-16-21(35-5)24(37-7)22(17-19)36-6/h9-12,16-17H,8,13-15H2,1-7H3,(H,29,31,33). The molecule has 2 aromatic carbocycles. The van der Waals surface area contributed by atoms with E-state index in [1.54, 1.807) is 31.3 Å². The van der Waals surface area contributed by atoms with Crippen LogP contribution >= 0.6 is 11.3 Å². The molecule has 3 aromatic rings. The third-order valence-corrected chi connectivity index (χ3v) is 6.86. The largest absolute Gasteiger partial charge is 0.493 e. The Morgan fingerprint density at radius 1 is 0.947 bits per heavy atom. The van der Waals surface area contributed by atoms with Crippen LogP contribution in [0.15, 0.2) is 36.4 Å². The fourth-order valence-corrected chi connectivity index (χ4v) is 4.64. The van der Waals surface area contributed by atoms with Crippen molar-refractivity contribution in [2.75, 3.05) is 39.7 Å². The lowest BCUT2D eigenvalue weighted by atomic mass is 9.86. The molecule has 204 valence electrons. The molecule has 2 amide bonds. The van der Waals surface area contributed by atoms with Gasteiger partial charge in [-0.1, -0.05) is 51.2 Å². The predicted molar refractivity (Wildman–Crippen MR) is 150 cm³/mol. The highest BCUT2D eigenvalue weighted by molar-refractivity contribution is 7.18.